The molecule has 10 heteroatoms. The number of anilines is 2. The van der Waals surface area contributed by atoms with E-state index in [0.29, 0.717) is 43.6 Å². The van der Waals surface area contributed by atoms with E-state index in [-0.39, 0.29) is 4.90 Å². The second-order valence-corrected chi connectivity index (χ2v) is 8.04. The number of para-hydroxylation sites is 1. The van der Waals surface area contributed by atoms with Gasteiger partial charge < -0.3 is 14.3 Å². The van der Waals surface area contributed by atoms with Crippen molar-refractivity contribution in [2.45, 2.75) is 11.8 Å². The van der Waals surface area contributed by atoms with Crippen LogP contribution in [0.3, 0.4) is 0 Å². The molecule has 4 rings (SSSR count). The van der Waals surface area contributed by atoms with Gasteiger partial charge in [0.2, 0.25) is 10.0 Å². The van der Waals surface area contributed by atoms with Gasteiger partial charge in [0.25, 0.3) is 5.89 Å². The predicted molar refractivity (Wildman–Crippen MR) is 105 cm³/mol. The highest BCUT2D eigenvalue weighted by Crippen LogP contribution is 2.30. The van der Waals surface area contributed by atoms with Gasteiger partial charge in [-0.15, -0.1) is 0 Å². The van der Waals surface area contributed by atoms with Crippen molar-refractivity contribution in [1.29, 1.82) is 0 Å². The molecule has 1 aliphatic rings. The number of hydrogen-bond acceptors (Lipinski definition) is 8. The monoisotopic (exact) mass is 400 g/mol. The molecular formula is C18H20N6O3S. The summed E-state index contributed by atoms with van der Waals surface area (Å²) in [4.78, 5) is 13.1. The highest BCUT2D eigenvalue weighted by molar-refractivity contribution is 7.89. The van der Waals surface area contributed by atoms with Gasteiger partial charge in [0.15, 0.2) is 5.82 Å². The standard InChI is InChI=1S/C18H20N6O3S/c1-13-21-18(27-22-13)14-5-4-8-20-17(14)24-11-9-23(10-12-24)15-6-2-3-7-16(15)28(19,25)26/h2-8H,9-12H2,1H3,(H2,19,25,26). The van der Waals surface area contributed by atoms with Crippen molar-refractivity contribution in [2.75, 3.05) is 36.0 Å². The Bertz CT molecular complexity index is 1090. The van der Waals surface area contributed by atoms with Gasteiger partial charge in [-0.1, -0.05) is 17.3 Å². The number of nitrogens with two attached hydrogens (primary N) is 1. The zero-order valence-corrected chi connectivity index (χ0v) is 16.1. The van der Waals surface area contributed by atoms with Crippen molar-refractivity contribution in [3.8, 4) is 11.5 Å². The normalized spacial score (nSPS) is 15.1. The van der Waals surface area contributed by atoms with Gasteiger partial charge in [-0.2, -0.15) is 4.98 Å². The first-order valence-electron chi connectivity index (χ1n) is 8.81. The molecule has 2 N–H and O–H groups in total. The Balaban J connectivity index is 1.57. The number of rotatable bonds is 4. The van der Waals surface area contributed by atoms with Gasteiger partial charge in [-0.05, 0) is 31.2 Å². The van der Waals surface area contributed by atoms with Crippen LogP contribution in [0.5, 0.6) is 0 Å². The summed E-state index contributed by atoms with van der Waals surface area (Å²) in [7, 11) is -3.78. The van der Waals surface area contributed by atoms with E-state index >= 15 is 0 Å². The topological polar surface area (TPSA) is 118 Å². The number of primary sulfonamides is 1. The van der Waals surface area contributed by atoms with E-state index in [1.165, 1.54) is 6.07 Å². The zero-order chi connectivity index (χ0) is 19.7. The Kier molecular flexibility index (Phi) is 4.73. The fourth-order valence-electron chi connectivity index (χ4n) is 3.34. The third-order valence-corrected chi connectivity index (χ3v) is 5.59. The molecule has 0 saturated carbocycles. The quantitative estimate of drug-likeness (QED) is 0.698. The summed E-state index contributed by atoms with van der Waals surface area (Å²) >= 11 is 0. The SMILES string of the molecule is Cc1noc(-c2cccnc2N2CCN(c3ccccc3S(N)(=O)=O)CC2)n1. The molecule has 0 aliphatic carbocycles. The summed E-state index contributed by atoms with van der Waals surface area (Å²) < 4.78 is 29.1. The first-order valence-corrected chi connectivity index (χ1v) is 10.4. The molecule has 1 saturated heterocycles. The van der Waals surface area contributed by atoms with Gasteiger partial charge in [0.05, 0.1) is 11.3 Å². The molecule has 1 aliphatic heterocycles. The fourth-order valence-corrected chi connectivity index (χ4v) is 4.10. The molecule has 0 bridgehead atoms. The second kappa shape index (κ2) is 7.21. The summed E-state index contributed by atoms with van der Waals surface area (Å²) in [5.41, 5.74) is 1.40. The van der Waals surface area contributed by atoms with Crippen molar-refractivity contribution in [3.05, 3.63) is 48.4 Å². The Labute approximate surface area is 162 Å². The van der Waals surface area contributed by atoms with E-state index in [1.54, 1.807) is 25.3 Å². The molecule has 146 valence electrons. The van der Waals surface area contributed by atoms with Crippen molar-refractivity contribution >= 4 is 21.5 Å². The van der Waals surface area contributed by atoms with E-state index in [2.05, 4.69) is 20.0 Å². The maximum atomic E-state index is 11.9. The minimum Gasteiger partial charge on any atom is -0.367 e. The lowest BCUT2D eigenvalue weighted by Gasteiger charge is -2.37. The molecule has 0 radical (unpaired) electrons. The smallest absolute Gasteiger partial charge is 0.261 e. The number of pyridine rings is 1. The summed E-state index contributed by atoms with van der Waals surface area (Å²) in [5, 5.41) is 9.23. The van der Waals surface area contributed by atoms with Crippen LogP contribution in [0.2, 0.25) is 0 Å². The molecule has 9 nitrogen and oxygen atoms in total. The molecule has 0 amide bonds. The van der Waals surface area contributed by atoms with Crippen LogP contribution in [0, 0.1) is 6.92 Å². The summed E-state index contributed by atoms with van der Waals surface area (Å²) in [6.07, 6.45) is 1.73. The summed E-state index contributed by atoms with van der Waals surface area (Å²) in [6, 6.07) is 10.5. The second-order valence-electron chi connectivity index (χ2n) is 6.51. The fraction of sp³-hybridized carbons (Fsp3) is 0.278. The number of aryl methyl sites for hydroxylation is 1. The Hall–Kier alpha value is -2.98. The highest BCUT2D eigenvalue weighted by Gasteiger charge is 2.25. The first-order chi connectivity index (χ1) is 13.4. The lowest BCUT2D eigenvalue weighted by Crippen LogP contribution is -2.47. The van der Waals surface area contributed by atoms with Gasteiger partial charge in [-0.3, -0.25) is 0 Å². The Morgan fingerprint density at radius 1 is 1.04 bits per heavy atom. The molecule has 0 spiro atoms. The number of benzene rings is 1. The number of hydrogen-bond donors (Lipinski definition) is 1. The number of sulfonamides is 1. The third-order valence-electron chi connectivity index (χ3n) is 4.64. The van der Waals surface area contributed by atoms with Gasteiger partial charge >= 0.3 is 0 Å². The lowest BCUT2D eigenvalue weighted by atomic mass is 10.2. The van der Waals surface area contributed by atoms with Crippen molar-refractivity contribution in [2.24, 2.45) is 5.14 Å². The molecule has 2 aromatic heterocycles. The van der Waals surface area contributed by atoms with Crippen LogP contribution < -0.4 is 14.9 Å². The minimum absolute atomic E-state index is 0.142. The lowest BCUT2D eigenvalue weighted by molar-refractivity contribution is 0.425. The number of piperazine rings is 1. The molecule has 28 heavy (non-hydrogen) atoms. The van der Waals surface area contributed by atoms with Crippen LogP contribution in [0.4, 0.5) is 11.5 Å². The first kappa shape index (κ1) is 18.4. The molecule has 0 unspecified atom stereocenters. The van der Waals surface area contributed by atoms with Crippen LogP contribution in [-0.4, -0.2) is 49.7 Å². The van der Waals surface area contributed by atoms with Crippen molar-refractivity contribution in [1.82, 2.24) is 15.1 Å². The largest absolute Gasteiger partial charge is 0.367 e. The molecular weight excluding hydrogens is 380 g/mol. The van der Waals surface area contributed by atoms with E-state index in [9.17, 15) is 8.42 Å². The van der Waals surface area contributed by atoms with Gasteiger partial charge in [-0.25, -0.2) is 18.5 Å². The average molecular weight is 400 g/mol. The average Bonchev–Trinajstić information content (AvgIpc) is 3.14. The molecule has 1 fully saturated rings. The predicted octanol–water partition coefficient (Wildman–Crippen LogP) is 1.41. The van der Waals surface area contributed by atoms with E-state index < -0.39 is 10.0 Å². The minimum atomic E-state index is -3.78. The summed E-state index contributed by atoms with van der Waals surface area (Å²) in [5.74, 6) is 1.77. The van der Waals surface area contributed by atoms with Crippen molar-refractivity contribution < 1.29 is 12.9 Å². The Morgan fingerprint density at radius 3 is 2.43 bits per heavy atom. The van der Waals surface area contributed by atoms with E-state index in [4.69, 9.17) is 9.66 Å². The molecule has 0 atom stereocenters. The van der Waals surface area contributed by atoms with Crippen molar-refractivity contribution in [3.63, 3.8) is 0 Å². The molecule has 1 aromatic carbocycles. The van der Waals surface area contributed by atoms with Gasteiger partial charge in [0.1, 0.15) is 10.7 Å². The van der Waals surface area contributed by atoms with Crippen LogP contribution >= 0.6 is 0 Å². The molecule has 3 aromatic rings. The van der Waals surface area contributed by atoms with Gasteiger partial charge in [0, 0.05) is 32.4 Å². The maximum absolute atomic E-state index is 11.9. The van der Waals surface area contributed by atoms with Crippen LogP contribution in [-0.2, 0) is 10.0 Å². The van der Waals surface area contributed by atoms with Crippen LogP contribution in [0.15, 0.2) is 52.0 Å². The number of nitrogens with zero attached hydrogens (tertiary/aromatic N) is 5. The van der Waals surface area contributed by atoms with Crippen LogP contribution in [0.25, 0.3) is 11.5 Å². The van der Waals surface area contributed by atoms with Crippen LogP contribution in [0.1, 0.15) is 5.82 Å². The highest BCUT2D eigenvalue weighted by atomic mass is 32.2. The molecule has 3 heterocycles. The van der Waals surface area contributed by atoms with E-state index in [1.807, 2.05) is 23.1 Å². The Morgan fingerprint density at radius 2 is 1.75 bits per heavy atom. The summed E-state index contributed by atoms with van der Waals surface area (Å²) in [6.45, 7) is 4.35. The van der Waals surface area contributed by atoms with E-state index in [0.717, 1.165) is 11.4 Å². The zero-order valence-electron chi connectivity index (χ0n) is 15.3. The number of aromatic nitrogens is 3. The third kappa shape index (κ3) is 3.56. The maximum Gasteiger partial charge on any atom is 0.261 e.